The number of rotatable bonds is 7. The topological polar surface area (TPSA) is 50.4 Å². The van der Waals surface area contributed by atoms with Gasteiger partial charge >= 0.3 is 6.18 Å². The number of ether oxygens (including phenoxy) is 1. The van der Waals surface area contributed by atoms with Crippen molar-refractivity contribution in [3.05, 3.63) is 54.1 Å². The van der Waals surface area contributed by atoms with Gasteiger partial charge in [-0.2, -0.15) is 13.2 Å². The summed E-state index contributed by atoms with van der Waals surface area (Å²) in [5.41, 5.74) is -0.189. The van der Waals surface area contributed by atoms with Gasteiger partial charge in [-0.25, -0.2) is 0 Å². The third-order valence-electron chi connectivity index (χ3n) is 3.41. The largest absolute Gasteiger partial charge is 0.491 e. The molecular weight excluding hydrogens is 345 g/mol. The molecule has 140 valence electrons. The molecule has 7 heteroatoms. The first-order valence-electron chi connectivity index (χ1n) is 8.22. The van der Waals surface area contributed by atoms with Crippen LogP contribution in [0.15, 0.2) is 48.5 Å². The zero-order valence-electron chi connectivity index (χ0n) is 14.6. The van der Waals surface area contributed by atoms with E-state index < -0.39 is 11.7 Å². The second-order valence-electron chi connectivity index (χ2n) is 5.96. The molecule has 0 heterocycles. The highest BCUT2D eigenvalue weighted by atomic mass is 19.4. The Kier molecular flexibility index (Phi) is 6.49. The van der Waals surface area contributed by atoms with Crippen LogP contribution >= 0.6 is 0 Å². The van der Waals surface area contributed by atoms with E-state index in [1.165, 1.54) is 18.2 Å². The highest BCUT2D eigenvalue weighted by Gasteiger charge is 2.32. The van der Waals surface area contributed by atoms with Crippen molar-refractivity contribution in [3.63, 3.8) is 0 Å². The van der Waals surface area contributed by atoms with Crippen LogP contribution in [0.2, 0.25) is 0 Å². The predicted octanol–water partition coefficient (Wildman–Crippen LogP) is 4.93. The van der Waals surface area contributed by atoms with E-state index in [9.17, 15) is 18.0 Å². The Morgan fingerprint density at radius 2 is 1.73 bits per heavy atom. The highest BCUT2D eigenvalue weighted by Crippen LogP contribution is 2.34. The molecule has 0 aliphatic carbocycles. The van der Waals surface area contributed by atoms with E-state index >= 15 is 0 Å². The second-order valence-corrected chi connectivity index (χ2v) is 5.96. The summed E-state index contributed by atoms with van der Waals surface area (Å²) in [5, 5.41) is 5.36. The molecule has 0 fully saturated rings. The van der Waals surface area contributed by atoms with Crippen LogP contribution in [0.1, 0.15) is 25.8 Å². The molecule has 0 bridgehead atoms. The summed E-state index contributed by atoms with van der Waals surface area (Å²) < 4.78 is 44.2. The molecular formula is C19H21F3N2O2. The summed E-state index contributed by atoms with van der Waals surface area (Å²) in [5.74, 6) is 0.406. The summed E-state index contributed by atoms with van der Waals surface area (Å²) in [6.07, 6.45) is -4.34. The fourth-order valence-corrected chi connectivity index (χ4v) is 2.31. The number of amides is 1. The lowest BCUT2D eigenvalue weighted by atomic mass is 10.1. The van der Waals surface area contributed by atoms with Gasteiger partial charge < -0.3 is 15.4 Å². The summed E-state index contributed by atoms with van der Waals surface area (Å²) in [6, 6.07) is 12.1. The van der Waals surface area contributed by atoms with Crippen LogP contribution in [-0.2, 0) is 11.0 Å². The van der Waals surface area contributed by atoms with Crippen molar-refractivity contribution >= 4 is 17.3 Å². The number of para-hydroxylation sites is 1. The fraction of sp³-hybridized carbons (Fsp3) is 0.316. The van der Waals surface area contributed by atoms with Crippen molar-refractivity contribution < 1.29 is 22.7 Å². The number of hydrogen-bond donors (Lipinski definition) is 2. The number of alkyl halides is 3. The van der Waals surface area contributed by atoms with Crippen LogP contribution in [0.4, 0.5) is 24.5 Å². The standard InChI is InChI=1S/C19H21F3N2O2/c1-13(2)26-15-9-7-14(8-10-15)24-18(25)11-12-23-17-6-4-3-5-16(17)19(20,21)22/h3-10,13,23H,11-12H2,1-2H3,(H,24,25). The van der Waals surface area contributed by atoms with Gasteiger partial charge in [0, 0.05) is 24.3 Å². The molecule has 2 aromatic rings. The molecule has 2 aromatic carbocycles. The zero-order valence-corrected chi connectivity index (χ0v) is 14.6. The van der Waals surface area contributed by atoms with E-state index in [0.717, 1.165) is 6.07 Å². The molecule has 0 saturated heterocycles. The summed E-state index contributed by atoms with van der Waals surface area (Å²) in [4.78, 5) is 11.9. The van der Waals surface area contributed by atoms with Crippen molar-refractivity contribution in [2.75, 3.05) is 17.2 Å². The Hall–Kier alpha value is -2.70. The minimum absolute atomic E-state index is 0.0381. The number of benzene rings is 2. The molecule has 1 amide bonds. The molecule has 0 atom stereocenters. The third-order valence-corrected chi connectivity index (χ3v) is 3.41. The van der Waals surface area contributed by atoms with Gasteiger partial charge in [-0.15, -0.1) is 0 Å². The van der Waals surface area contributed by atoms with Crippen molar-refractivity contribution in [2.24, 2.45) is 0 Å². The molecule has 0 radical (unpaired) electrons. The summed E-state index contributed by atoms with van der Waals surface area (Å²) >= 11 is 0. The average Bonchev–Trinajstić information content (AvgIpc) is 2.56. The Labute approximate surface area is 150 Å². The quantitative estimate of drug-likeness (QED) is 0.730. The summed E-state index contributed by atoms with van der Waals surface area (Å²) in [7, 11) is 0. The van der Waals surface area contributed by atoms with Crippen LogP contribution < -0.4 is 15.4 Å². The van der Waals surface area contributed by atoms with E-state index in [4.69, 9.17) is 4.74 Å². The van der Waals surface area contributed by atoms with Gasteiger partial charge in [-0.3, -0.25) is 4.79 Å². The van der Waals surface area contributed by atoms with Crippen LogP contribution in [0.5, 0.6) is 5.75 Å². The number of carbonyl (C=O) groups excluding carboxylic acids is 1. The molecule has 2 rings (SSSR count). The predicted molar refractivity (Wildman–Crippen MR) is 95.4 cm³/mol. The smallest absolute Gasteiger partial charge is 0.418 e. The van der Waals surface area contributed by atoms with Crippen molar-refractivity contribution in [2.45, 2.75) is 32.5 Å². The molecule has 0 unspecified atom stereocenters. The van der Waals surface area contributed by atoms with E-state index in [0.29, 0.717) is 11.4 Å². The van der Waals surface area contributed by atoms with Crippen LogP contribution in [0, 0.1) is 0 Å². The monoisotopic (exact) mass is 366 g/mol. The van der Waals surface area contributed by atoms with E-state index in [1.54, 1.807) is 24.3 Å². The minimum atomic E-state index is -4.44. The molecule has 4 nitrogen and oxygen atoms in total. The Bertz CT molecular complexity index is 728. The Morgan fingerprint density at radius 3 is 2.35 bits per heavy atom. The maximum absolute atomic E-state index is 12.9. The number of anilines is 2. The lowest BCUT2D eigenvalue weighted by molar-refractivity contribution is -0.137. The van der Waals surface area contributed by atoms with Gasteiger partial charge in [0.25, 0.3) is 0 Å². The Balaban J connectivity index is 1.84. The molecule has 0 spiro atoms. The maximum Gasteiger partial charge on any atom is 0.418 e. The molecule has 0 aliphatic heterocycles. The van der Waals surface area contributed by atoms with Crippen LogP contribution in [-0.4, -0.2) is 18.6 Å². The van der Waals surface area contributed by atoms with Crippen molar-refractivity contribution in [1.82, 2.24) is 0 Å². The third kappa shape index (κ3) is 5.98. The maximum atomic E-state index is 12.9. The van der Waals surface area contributed by atoms with Gasteiger partial charge in [0.1, 0.15) is 5.75 Å². The van der Waals surface area contributed by atoms with Crippen LogP contribution in [0.25, 0.3) is 0 Å². The fourth-order valence-electron chi connectivity index (χ4n) is 2.31. The van der Waals surface area contributed by atoms with Gasteiger partial charge in [0.05, 0.1) is 11.7 Å². The minimum Gasteiger partial charge on any atom is -0.491 e. The average molecular weight is 366 g/mol. The first-order chi connectivity index (χ1) is 12.3. The van der Waals surface area contributed by atoms with E-state index in [1.807, 2.05) is 13.8 Å². The van der Waals surface area contributed by atoms with E-state index in [2.05, 4.69) is 10.6 Å². The van der Waals surface area contributed by atoms with Crippen molar-refractivity contribution in [3.8, 4) is 5.75 Å². The number of halogens is 3. The number of carbonyl (C=O) groups is 1. The number of hydrogen-bond acceptors (Lipinski definition) is 3. The van der Waals surface area contributed by atoms with Gasteiger partial charge in [0.15, 0.2) is 0 Å². The molecule has 0 aliphatic rings. The zero-order chi connectivity index (χ0) is 19.2. The molecule has 0 aromatic heterocycles. The highest BCUT2D eigenvalue weighted by molar-refractivity contribution is 5.91. The second kappa shape index (κ2) is 8.60. The molecule has 0 saturated carbocycles. The normalized spacial score (nSPS) is 11.3. The van der Waals surface area contributed by atoms with Gasteiger partial charge in [-0.1, -0.05) is 12.1 Å². The molecule has 26 heavy (non-hydrogen) atoms. The van der Waals surface area contributed by atoms with E-state index in [-0.39, 0.29) is 30.7 Å². The van der Waals surface area contributed by atoms with Gasteiger partial charge in [0.2, 0.25) is 5.91 Å². The molecule has 2 N–H and O–H groups in total. The van der Waals surface area contributed by atoms with Crippen molar-refractivity contribution in [1.29, 1.82) is 0 Å². The van der Waals surface area contributed by atoms with Crippen LogP contribution in [0.3, 0.4) is 0 Å². The lowest BCUT2D eigenvalue weighted by Gasteiger charge is -2.14. The first kappa shape index (κ1) is 19.6. The first-order valence-corrected chi connectivity index (χ1v) is 8.22. The van der Waals surface area contributed by atoms with Gasteiger partial charge in [-0.05, 0) is 50.2 Å². The Morgan fingerprint density at radius 1 is 1.08 bits per heavy atom. The summed E-state index contributed by atoms with van der Waals surface area (Å²) in [6.45, 7) is 3.92. The SMILES string of the molecule is CC(C)Oc1ccc(NC(=O)CCNc2ccccc2C(F)(F)F)cc1. The lowest BCUT2D eigenvalue weighted by Crippen LogP contribution is -2.17. The number of nitrogens with one attached hydrogen (secondary N) is 2.